The number of hydrogen-bond donors (Lipinski definition) is 1. The summed E-state index contributed by atoms with van der Waals surface area (Å²) >= 11 is 3.50. The fourth-order valence-corrected chi connectivity index (χ4v) is 6.45. The number of thiophene rings is 1. The van der Waals surface area contributed by atoms with Gasteiger partial charge in [0.2, 0.25) is 0 Å². The molecule has 1 saturated heterocycles. The predicted octanol–water partition coefficient (Wildman–Crippen LogP) is 5.62. The Bertz CT molecular complexity index is 1050. The molecule has 0 saturated carbocycles. The lowest BCUT2D eigenvalue weighted by Gasteiger charge is -2.36. The standard InChI is InChI=1S/C25H28N2O3S2/c1-31-18-10-8-17(9-11-18)23(27-12-15-29-16-13-27)22-19-5-2-3-7-21(19)32-25(22)26-24(28)20-6-4-14-30-20/h4,6,8-11,14,23H,2-3,5,7,12-13,15-16H2,1H3,(H,26,28)/t23-/m0/s1. The molecule has 1 aliphatic heterocycles. The highest BCUT2D eigenvalue weighted by Gasteiger charge is 2.33. The molecule has 7 heteroatoms. The van der Waals surface area contributed by atoms with Crippen molar-refractivity contribution < 1.29 is 13.9 Å². The number of hydrogen-bond acceptors (Lipinski definition) is 6. The number of nitrogens with one attached hydrogen (secondary N) is 1. The smallest absolute Gasteiger partial charge is 0.291 e. The van der Waals surface area contributed by atoms with Gasteiger partial charge in [-0.05, 0) is 67.3 Å². The number of carbonyl (C=O) groups excluding carboxylic acids is 1. The summed E-state index contributed by atoms with van der Waals surface area (Å²) < 4.78 is 11.0. The van der Waals surface area contributed by atoms with Crippen LogP contribution in [0.25, 0.3) is 0 Å². The van der Waals surface area contributed by atoms with Gasteiger partial charge in [-0.3, -0.25) is 9.69 Å². The first-order valence-electron chi connectivity index (χ1n) is 11.2. The molecular weight excluding hydrogens is 440 g/mol. The number of fused-ring (bicyclic) bond motifs is 1. The Kier molecular flexibility index (Phi) is 6.69. The van der Waals surface area contributed by atoms with Gasteiger partial charge >= 0.3 is 0 Å². The Balaban J connectivity index is 1.60. The molecule has 0 radical (unpaired) electrons. The number of nitrogens with zero attached hydrogens (tertiary/aromatic N) is 1. The van der Waals surface area contributed by atoms with Crippen LogP contribution in [-0.4, -0.2) is 43.4 Å². The van der Waals surface area contributed by atoms with Crippen LogP contribution < -0.4 is 5.32 Å². The summed E-state index contributed by atoms with van der Waals surface area (Å²) in [5.41, 5.74) is 3.97. The Morgan fingerprint density at radius 3 is 2.62 bits per heavy atom. The van der Waals surface area contributed by atoms with Crippen molar-refractivity contribution in [2.45, 2.75) is 36.6 Å². The van der Waals surface area contributed by atoms with Gasteiger partial charge in [0.15, 0.2) is 5.76 Å². The average molecular weight is 469 g/mol. The van der Waals surface area contributed by atoms with E-state index in [4.69, 9.17) is 9.15 Å². The zero-order valence-electron chi connectivity index (χ0n) is 18.3. The minimum absolute atomic E-state index is 0.0970. The summed E-state index contributed by atoms with van der Waals surface area (Å²) in [4.78, 5) is 18.1. The van der Waals surface area contributed by atoms with Crippen LogP contribution in [0, 0.1) is 0 Å². The monoisotopic (exact) mass is 468 g/mol. The average Bonchev–Trinajstić information content (AvgIpc) is 3.50. The van der Waals surface area contributed by atoms with Gasteiger partial charge in [0.1, 0.15) is 5.00 Å². The summed E-state index contributed by atoms with van der Waals surface area (Å²) in [6, 6.07) is 12.5. The molecule has 5 nitrogen and oxygen atoms in total. The van der Waals surface area contributed by atoms with E-state index in [1.54, 1.807) is 41.5 Å². The largest absolute Gasteiger partial charge is 0.459 e. The van der Waals surface area contributed by atoms with Crippen molar-refractivity contribution in [3.8, 4) is 0 Å². The molecule has 1 N–H and O–H groups in total. The van der Waals surface area contributed by atoms with Crippen molar-refractivity contribution >= 4 is 34.0 Å². The zero-order chi connectivity index (χ0) is 21.9. The molecule has 1 atom stereocenters. The fourth-order valence-electron chi connectivity index (χ4n) is 4.73. The van der Waals surface area contributed by atoms with Gasteiger partial charge in [0.05, 0.1) is 25.5 Å². The minimum atomic E-state index is -0.187. The first-order valence-corrected chi connectivity index (χ1v) is 13.2. The van der Waals surface area contributed by atoms with Crippen molar-refractivity contribution in [1.82, 2.24) is 4.90 Å². The van der Waals surface area contributed by atoms with E-state index < -0.39 is 0 Å². The van der Waals surface area contributed by atoms with Gasteiger partial charge in [-0.15, -0.1) is 23.1 Å². The number of ether oxygens (including phenoxy) is 1. The molecular formula is C25H28N2O3S2. The molecule has 32 heavy (non-hydrogen) atoms. The second-order valence-electron chi connectivity index (χ2n) is 8.21. The van der Waals surface area contributed by atoms with Gasteiger partial charge in [0, 0.05) is 28.4 Å². The quantitative estimate of drug-likeness (QED) is 0.476. The van der Waals surface area contributed by atoms with E-state index in [1.807, 2.05) is 0 Å². The Labute approximate surface area is 197 Å². The normalized spacial score (nSPS) is 17.7. The van der Waals surface area contributed by atoms with Crippen LogP contribution in [0.5, 0.6) is 0 Å². The number of anilines is 1. The third-order valence-corrected chi connectivity index (χ3v) is 8.27. The van der Waals surface area contributed by atoms with E-state index in [-0.39, 0.29) is 11.9 Å². The van der Waals surface area contributed by atoms with Crippen LogP contribution in [0.2, 0.25) is 0 Å². The van der Waals surface area contributed by atoms with Gasteiger partial charge in [0.25, 0.3) is 5.91 Å². The maximum Gasteiger partial charge on any atom is 0.291 e. The summed E-state index contributed by atoms with van der Waals surface area (Å²) in [5.74, 6) is 0.155. The highest BCUT2D eigenvalue weighted by atomic mass is 32.2. The van der Waals surface area contributed by atoms with Crippen molar-refractivity contribution in [1.29, 1.82) is 0 Å². The Hall–Kier alpha value is -2.06. The molecule has 1 aromatic carbocycles. The highest BCUT2D eigenvalue weighted by Crippen LogP contribution is 2.45. The number of amides is 1. The molecule has 5 rings (SSSR count). The van der Waals surface area contributed by atoms with Crippen LogP contribution in [-0.2, 0) is 17.6 Å². The van der Waals surface area contributed by atoms with Crippen LogP contribution >= 0.6 is 23.1 Å². The molecule has 0 spiro atoms. The number of furan rings is 1. The van der Waals surface area contributed by atoms with Crippen LogP contribution in [0.4, 0.5) is 5.00 Å². The maximum atomic E-state index is 12.9. The lowest BCUT2D eigenvalue weighted by Crippen LogP contribution is -2.40. The Morgan fingerprint density at radius 2 is 1.91 bits per heavy atom. The van der Waals surface area contributed by atoms with E-state index in [2.05, 4.69) is 40.7 Å². The predicted molar refractivity (Wildman–Crippen MR) is 130 cm³/mol. The van der Waals surface area contributed by atoms with Gasteiger partial charge in [-0.2, -0.15) is 0 Å². The van der Waals surface area contributed by atoms with Crippen LogP contribution in [0.1, 0.15) is 51.0 Å². The van der Waals surface area contributed by atoms with Crippen molar-refractivity contribution in [3.05, 3.63) is 70.0 Å². The lowest BCUT2D eigenvalue weighted by atomic mass is 9.88. The molecule has 1 aliphatic carbocycles. The molecule has 2 aromatic heterocycles. The van der Waals surface area contributed by atoms with E-state index in [0.717, 1.165) is 44.1 Å². The second-order valence-corrected chi connectivity index (χ2v) is 10.2. The van der Waals surface area contributed by atoms with E-state index in [0.29, 0.717) is 5.76 Å². The topological polar surface area (TPSA) is 54.7 Å². The van der Waals surface area contributed by atoms with Gasteiger partial charge < -0.3 is 14.5 Å². The second kappa shape index (κ2) is 9.83. The number of rotatable bonds is 6. The minimum Gasteiger partial charge on any atom is -0.459 e. The number of carbonyl (C=O) groups is 1. The van der Waals surface area contributed by atoms with Crippen molar-refractivity contribution in [3.63, 3.8) is 0 Å². The number of aryl methyl sites for hydroxylation is 1. The summed E-state index contributed by atoms with van der Waals surface area (Å²) in [6.07, 6.45) is 8.21. The maximum absolute atomic E-state index is 12.9. The van der Waals surface area contributed by atoms with Gasteiger partial charge in [-0.1, -0.05) is 12.1 Å². The molecule has 3 heterocycles. The number of morpholine rings is 1. The molecule has 0 bridgehead atoms. The summed E-state index contributed by atoms with van der Waals surface area (Å²) in [5, 5.41) is 4.17. The summed E-state index contributed by atoms with van der Waals surface area (Å²) in [6.45, 7) is 3.23. The fraction of sp³-hybridized carbons (Fsp3) is 0.400. The van der Waals surface area contributed by atoms with E-state index in [1.165, 1.54) is 39.3 Å². The Morgan fingerprint density at radius 1 is 1.12 bits per heavy atom. The van der Waals surface area contributed by atoms with Gasteiger partial charge in [-0.25, -0.2) is 0 Å². The molecule has 0 unspecified atom stereocenters. The van der Waals surface area contributed by atoms with Crippen LogP contribution in [0.15, 0.2) is 52.0 Å². The highest BCUT2D eigenvalue weighted by molar-refractivity contribution is 7.98. The lowest BCUT2D eigenvalue weighted by molar-refractivity contribution is 0.0239. The number of thioether (sulfide) groups is 1. The van der Waals surface area contributed by atoms with E-state index >= 15 is 0 Å². The molecule has 1 fully saturated rings. The number of benzene rings is 1. The van der Waals surface area contributed by atoms with Crippen molar-refractivity contribution in [2.75, 3.05) is 37.9 Å². The third-order valence-electron chi connectivity index (χ3n) is 6.30. The third kappa shape index (κ3) is 4.39. The SMILES string of the molecule is CSc1ccc([C@@H](c2c(NC(=O)c3ccco3)sc3c2CCCC3)N2CCOCC2)cc1. The molecule has 168 valence electrons. The zero-order valence-corrected chi connectivity index (χ0v) is 19.9. The van der Waals surface area contributed by atoms with E-state index in [9.17, 15) is 4.79 Å². The summed E-state index contributed by atoms with van der Waals surface area (Å²) in [7, 11) is 0. The molecule has 2 aliphatic rings. The molecule has 1 amide bonds. The first kappa shape index (κ1) is 21.8. The molecule has 3 aromatic rings. The first-order chi connectivity index (χ1) is 15.7. The van der Waals surface area contributed by atoms with Crippen molar-refractivity contribution in [2.24, 2.45) is 0 Å². The van der Waals surface area contributed by atoms with Crippen LogP contribution in [0.3, 0.4) is 0 Å².